The summed E-state index contributed by atoms with van der Waals surface area (Å²) in [5.74, 6) is 0.778. The summed E-state index contributed by atoms with van der Waals surface area (Å²) in [6.45, 7) is 6.65. The van der Waals surface area contributed by atoms with Gasteiger partial charge in [-0.1, -0.05) is 60.1 Å². The molecule has 1 aliphatic heterocycles. The molecule has 0 aromatic heterocycles. The highest BCUT2D eigenvalue weighted by Crippen LogP contribution is 2.27. The van der Waals surface area contributed by atoms with Gasteiger partial charge in [0.1, 0.15) is 18.5 Å². The third kappa shape index (κ3) is 5.59. The molecular weight excluding hydrogens is 408 g/mol. The Morgan fingerprint density at radius 3 is 2.26 bits per heavy atom. The molecule has 5 heteroatoms. The maximum atomic E-state index is 10.5. The molecule has 3 aromatic carbocycles. The first-order valence-electron chi connectivity index (χ1n) is 10.8. The van der Waals surface area contributed by atoms with E-state index in [1.54, 1.807) is 0 Å². The van der Waals surface area contributed by atoms with Gasteiger partial charge in [0.2, 0.25) is 0 Å². The molecule has 4 rings (SSSR count). The fraction of sp³-hybridized carbons (Fsp3) is 0.308. The molecule has 4 nitrogen and oxygen atoms in total. The van der Waals surface area contributed by atoms with Gasteiger partial charge in [-0.2, -0.15) is 0 Å². The number of hydrogen-bond donors (Lipinski definition) is 1. The smallest absolute Gasteiger partial charge is 0.119 e. The number of hydrogen-bond acceptors (Lipinski definition) is 4. The number of ether oxygens (including phenoxy) is 1. The number of aliphatic hydroxyl groups excluding tert-OH is 1. The molecule has 0 aliphatic carbocycles. The number of aliphatic hydroxyl groups is 1. The second-order valence-corrected chi connectivity index (χ2v) is 8.43. The Bertz CT molecular complexity index is 970. The van der Waals surface area contributed by atoms with Gasteiger partial charge in [0.15, 0.2) is 0 Å². The monoisotopic (exact) mass is 436 g/mol. The number of halogens is 1. The van der Waals surface area contributed by atoms with E-state index in [4.69, 9.17) is 16.3 Å². The van der Waals surface area contributed by atoms with Gasteiger partial charge >= 0.3 is 0 Å². The maximum absolute atomic E-state index is 10.5. The quantitative estimate of drug-likeness (QED) is 0.572. The molecule has 31 heavy (non-hydrogen) atoms. The van der Waals surface area contributed by atoms with Crippen molar-refractivity contribution in [3.8, 4) is 16.9 Å². The van der Waals surface area contributed by atoms with Crippen LogP contribution in [0.15, 0.2) is 72.8 Å². The molecule has 0 radical (unpaired) electrons. The Hall–Kier alpha value is -2.53. The average Bonchev–Trinajstić information content (AvgIpc) is 2.81. The van der Waals surface area contributed by atoms with E-state index in [0.717, 1.165) is 48.1 Å². The van der Waals surface area contributed by atoms with Gasteiger partial charge < -0.3 is 14.7 Å². The first-order valence-corrected chi connectivity index (χ1v) is 11.2. The number of β-amino-alcohol motifs (C(OH)–C–C–N with tert-alkyl or cyclic N) is 1. The van der Waals surface area contributed by atoms with Crippen molar-refractivity contribution >= 4 is 17.3 Å². The topological polar surface area (TPSA) is 35.9 Å². The van der Waals surface area contributed by atoms with Crippen molar-refractivity contribution in [3.05, 3.63) is 83.4 Å². The van der Waals surface area contributed by atoms with Crippen LogP contribution in [0.4, 0.5) is 5.69 Å². The Morgan fingerprint density at radius 2 is 1.55 bits per heavy atom. The van der Waals surface area contributed by atoms with Crippen molar-refractivity contribution in [1.82, 2.24) is 4.90 Å². The standard InChI is InChI=1S/C26H29ClN2O2/c1-20-25(27)8-5-9-26(20)29-16-14-28(15-17-29)18-23(30)19-31-24-12-10-22(11-13-24)21-6-3-2-4-7-21/h2-13,23,30H,14-19H2,1H3/t23-/m0/s1. The summed E-state index contributed by atoms with van der Waals surface area (Å²) < 4.78 is 5.82. The molecule has 0 unspecified atom stereocenters. The zero-order valence-electron chi connectivity index (χ0n) is 17.9. The van der Waals surface area contributed by atoms with Crippen LogP contribution in [0.3, 0.4) is 0 Å². The largest absolute Gasteiger partial charge is 0.491 e. The molecule has 1 fully saturated rings. The Labute approximate surface area is 189 Å². The minimum Gasteiger partial charge on any atom is -0.491 e. The highest BCUT2D eigenvalue weighted by Gasteiger charge is 2.21. The highest BCUT2D eigenvalue weighted by molar-refractivity contribution is 6.31. The van der Waals surface area contributed by atoms with E-state index in [9.17, 15) is 5.11 Å². The van der Waals surface area contributed by atoms with Crippen molar-refractivity contribution in [2.45, 2.75) is 13.0 Å². The van der Waals surface area contributed by atoms with Crippen LogP contribution in [-0.2, 0) is 0 Å². The summed E-state index contributed by atoms with van der Waals surface area (Å²) in [4.78, 5) is 4.66. The van der Waals surface area contributed by atoms with Crippen molar-refractivity contribution in [2.24, 2.45) is 0 Å². The van der Waals surface area contributed by atoms with Crippen molar-refractivity contribution in [2.75, 3.05) is 44.2 Å². The molecule has 1 saturated heterocycles. The number of anilines is 1. The van der Waals surface area contributed by atoms with E-state index in [1.807, 2.05) is 54.6 Å². The van der Waals surface area contributed by atoms with Gasteiger partial charge in [-0.25, -0.2) is 0 Å². The lowest BCUT2D eigenvalue weighted by molar-refractivity contribution is 0.0663. The lowest BCUT2D eigenvalue weighted by Gasteiger charge is -2.37. The third-order valence-corrected chi connectivity index (χ3v) is 6.23. The second kappa shape index (κ2) is 10.2. The summed E-state index contributed by atoms with van der Waals surface area (Å²) in [6, 6.07) is 24.3. The van der Waals surface area contributed by atoms with Crippen LogP contribution in [0.1, 0.15) is 5.56 Å². The van der Waals surface area contributed by atoms with Gasteiger partial charge in [-0.15, -0.1) is 0 Å². The van der Waals surface area contributed by atoms with E-state index in [0.29, 0.717) is 6.54 Å². The normalized spacial score (nSPS) is 15.6. The van der Waals surface area contributed by atoms with Gasteiger partial charge in [0.05, 0.1) is 0 Å². The van der Waals surface area contributed by atoms with E-state index in [1.165, 1.54) is 11.3 Å². The predicted octanol–water partition coefficient (Wildman–Crippen LogP) is 4.88. The molecule has 162 valence electrons. The summed E-state index contributed by atoms with van der Waals surface area (Å²) in [7, 11) is 0. The Kier molecular flexibility index (Phi) is 7.13. The molecule has 1 aliphatic rings. The Balaban J connectivity index is 1.23. The fourth-order valence-electron chi connectivity index (χ4n) is 4.03. The van der Waals surface area contributed by atoms with Crippen LogP contribution in [0.5, 0.6) is 5.75 Å². The minimum absolute atomic E-state index is 0.290. The lowest BCUT2D eigenvalue weighted by atomic mass is 10.1. The third-order valence-electron chi connectivity index (χ3n) is 5.82. The van der Waals surface area contributed by atoms with Crippen LogP contribution in [-0.4, -0.2) is 55.4 Å². The van der Waals surface area contributed by atoms with Gasteiger partial charge in [0.25, 0.3) is 0 Å². The fourth-order valence-corrected chi connectivity index (χ4v) is 4.20. The van der Waals surface area contributed by atoms with Crippen LogP contribution in [0.2, 0.25) is 5.02 Å². The highest BCUT2D eigenvalue weighted by atomic mass is 35.5. The van der Waals surface area contributed by atoms with E-state index in [2.05, 4.69) is 34.9 Å². The van der Waals surface area contributed by atoms with E-state index in [-0.39, 0.29) is 6.61 Å². The Morgan fingerprint density at radius 1 is 0.871 bits per heavy atom. The van der Waals surface area contributed by atoms with Crippen LogP contribution >= 0.6 is 11.6 Å². The van der Waals surface area contributed by atoms with Gasteiger partial charge in [-0.3, -0.25) is 4.90 Å². The molecule has 0 bridgehead atoms. The van der Waals surface area contributed by atoms with E-state index < -0.39 is 6.10 Å². The molecule has 1 N–H and O–H groups in total. The second-order valence-electron chi connectivity index (χ2n) is 8.03. The van der Waals surface area contributed by atoms with Crippen molar-refractivity contribution < 1.29 is 9.84 Å². The molecule has 3 aromatic rings. The van der Waals surface area contributed by atoms with Crippen LogP contribution in [0.25, 0.3) is 11.1 Å². The van der Waals surface area contributed by atoms with Gasteiger partial charge in [0, 0.05) is 43.4 Å². The van der Waals surface area contributed by atoms with Gasteiger partial charge in [-0.05, 0) is 47.9 Å². The van der Waals surface area contributed by atoms with Crippen LogP contribution in [0, 0.1) is 6.92 Å². The number of rotatable bonds is 7. The molecule has 0 amide bonds. The molecule has 1 heterocycles. The summed E-state index contributed by atoms with van der Waals surface area (Å²) in [6.07, 6.45) is -0.520. The van der Waals surface area contributed by atoms with Crippen molar-refractivity contribution in [3.63, 3.8) is 0 Å². The maximum Gasteiger partial charge on any atom is 0.119 e. The zero-order valence-corrected chi connectivity index (χ0v) is 18.6. The lowest BCUT2D eigenvalue weighted by Crippen LogP contribution is -2.49. The first kappa shape index (κ1) is 21.7. The number of benzene rings is 3. The molecule has 0 spiro atoms. The first-order chi connectivity index (χ1) is 15.1. The summed E-state index contributed by atoms with van der Waals surface area (Å²) >= 11 is 6.27. The number of piperazine rings is 1. The molecule has 0 saturated carbocycles. The number of nitrogens with zero attached hydrogens (tertiary/aromatic N) is 2. The zero-order chi connectivity index (χ0) is 21.6. The average molecular weight is 437 g/mol. The SMILES string of the molecule is Cc1c(Cl)cccc1N1CCN(C[C@H](O)COc2ccc(-c3ccccc3)cc2)CC1. The summed E-state index contributed by atoms with van der Waals surface area (Å²) in [5.41, 5.74) is 4.67. The predicted molar refractivity (Wildman–Crippen MR) is 128 cm³/mol. The summed E-state index contributed by atoms with van der Waals surface area (Å²) in [5, 5.41) is 11.3. The van der Waals surface area contributed by atoms with Crippen molar-refractivity contribution in [1.29, 1.82) is 0 Å². The molecular formula is C26H29ClN2O2. The minimum atomic E-state index is -0.520. The van der Waals surface area contributed by atoms with Crippen LogP contribution < -0.4 is 9.64 Å². The van der Waals surface area contributed by atoms with E-state index >= 15 is 0 Å². The molecule has 1 atom stereocenters.